The number of carbonyl (C=O) groups excluding carboxylic acids is 1. The molecule has 1 fully saturated rings. The van der Waals surface area contributed by atoms with Crippen LogP contribution in [0.2, 0.25) is 0 Å². The van der Waals surface area contributed by atoms with Crippen molar-refractivity contribution in [1.82, 2.24) is 4.90 Å². The summed E-state index contributed by atoms with van der Waals surface area (Å²) < 4.78 is 0. The lowest BCUT2D eigenvalue weighted by molar-refractivity contribution is -0.127. The van der Waals surface area contributed by atoms with E-state index in [1.54, 1.807) is 0 Å². The fourth-order valence-corrected chi connectivity index (χ4v) is 2.16. The summed E-state index contributed by atoms with van der Waals surface area (Å²) in [4.78, 5) is 13.7. The molecular weight excluding hydrogens is 162 g/mol. The summed E-state index contributed by atoms with van der Waals surface area (Å²) in [5, 5.41) is 0. The van der Waals surface area contributed by atoms with E-state index in [1.165, 1.54) is 0 Å². The van der Waals surface area contributed by atoms with Crippen molar-refractivity contribution < 1.29 is 4.79 Å². The van der Waals surface area contributed by atoms with E-state index in [0.29, 0.717) is 11.2 Å². The molecule has 0 aromatic heterocycles. The average molecular weight is 183 g/mol. The Balaban J connectivity index is 2.55. The predicted molar refractivity (Wildman–Crippen MR) is 54.7 cm³/mol. The van der Waals surface area contributed by atoms with Gasteiger partial charge in [-0.25, -0.2) is 0 Å². The Morgan fingerprint density at radius 2 is 2.08 bits per heavy atom. The summed E-state index contributed by atoms with van der Waals surface area (Å²) in [5.41, 5.74) is 0.370. The molecule has 0 saturated heterocycles. The number of carbonyl (C=O) groups is 1. The van der Waals surface area contributed by atoms with Gasteiger partial charge in [0.2, 0.25) is 0 Å². The van der Waals surface area contributed by atoms with Gasteiger partial charge in [-0.1, -0.05) is 13.8 Å². The fourth-order valence-electron chi connectivity index (χ4n) is 2.16. The fraction of sp³-hybridized carbons (Fsp3) is 0.909. The Morgan fingerprint density at radius 1 is 1.46 bits per heavy atom. The molecule has 0 unspecified atom stereocenters. The molecule has 0 radical (unpaired) electrons. The Bertz CT molecular complexity index is 196. The SMILES string of the molecule is CN(C)C[C@@H]1CC(C)(C)CCC1=O. The molecule has 0 spiro atoms. The van der Waals surface area contributed by atoms with Gasteiger partial charge in [0.25, 0.3) is 0 Å². The van der Waals surface area contributed by atoms with Crippen LogP contribution in [0.5, 0.6) is 0 Å². The molecule has 1 aliphatic carbocycles. The highest BCUT2D eigenvalue weighted by atomic mass is 16.1. The highest BCUT2D eigenvalue weighted by Crippen LogP contribution is 2.36. The van der Waals surface area contributed by atoms with E-state index < -0.39 is 0 Å². The number of hydrogen-bond acceptors (Lipinski definition) is 2. The van der Waals surface area contributed by atoms with Crippen LogP contribution in [0.15, 0.2) is 0 Å². The van der Waals surface area contributed by atoms with Crippen LogP contribution in [-0.4, -0.2) is 31.3 Å². The van der Waals surface area contributed by atoms with Crippen molar-refractivity contribution in [2.24, 2.45) is 11.3 Å². The van der Waals surface area contributed by atoms with Gasteiger partial charge in [0.15, 0.2) is 0 Å². The molecule has 1 atom stereocenters. The van der Waals surface area contributed by atoms with Crippen LogP contribution in [0.25, 0.3) is 0 Å². The van der Waals surface area contributed by atoms with Crippen LogP contribution in [0, 0.1) is 11.3 Å². The largest absolute Gasteiger partial charge is 0.309 e. The second-order valence-electron chi connectivity index (χ2n) is 5.29. The monoisotopic (exact) mass is 183 g/mol. The summed E-state index contributed by atoms with van der Waals surface area (Å²) in [6, 6.07) is 0. The second-order valence-corrected chi connectivity index (χ2v) is 5.29. The molecule has 1 aliphatic rings. The van der Waals surface area contributed by atoms with Crippen molar-refractivity contribution in [3.8, 4) is 0 Å². The zero-order valence-electron chi connectivity index (χ0n) is 9.26. The average Bonchev–Trinajstić information content (AvgIpc) is 1.95. The van der Waals surface area contributed by atoms with Crippen molar-refractivity contribution in [2.45, 2.75) is 33.1 Å². The summed E-state index contributed by atoms with van der Waals surface area (Å²) in [6.07, 6.45) is 2.91. The zero-order valence-corrected chi connectivity index (χ0v) is 9.26. The molecule has 0 aliphatic heterocycles. The molecule has 2 nitrogen and oxygen atoms in total. The Hall–Kier alpha value is -0.370. The topological polar surface area (TPSA) is 20.3 Å². The van der Waals surface area contributed by atoms with Gasteiger partial charge in [-0.05, 0) is 32.4 Å². The maximum atomic E-state index is 11.6. The standard InChI is InChI=1S/C11H21NO/c1-11(2)6-5-10(13)9(7-11)8-12(3)4/h9H,5-8H2,1-4H3/t9-/m0/s1. The smallest absolute Gasteiger partial charge is 0.137 e. The number of ketones is 1. The van der Waals surface area contributed by atoms with E-state index in [2.05, 4.69) is 18.7 Å². The lowest BCUT2D eigenvalue weighted by Crippen LogP contribution is -2.36. The Labute approximate surface area is 81.3 Å². The number of rotatable bonds is 2. The molecule has 0 heterocycles. The molecule has 1 rings (SSSR count). The van der Waals surface area contributed by atoms with E-state index in [1.807, 2.05) is 14.1 Å². The van der Waals surface area contributed by atoms with Gasteiger partial charge >= 0.3 is 0 Å². The van der Waals surface area contributed by atoms with Crippen molar-refractivity contribution in [2.75, 3.05) is 20.6 Å². The van der Waals surface area contributed by atoms with Crippen LogP contribution in [0.4, 0.5) is 0 Å². The van der Waals surface area contributed by atoms with E-state index in [0.717, 1.165) is 25.8 Å². The van der Waals surface area contributed by atoms with Crippen LogP contribution in [-0.2, 0) is 4.79 Å². The van der Waals surface area contributed by atoms with Crippen molar-refractivity contribution in [3.05, 3.63) is 0 Å². The first-order valence-corrected chi connectivity index (χ1v) is 5.08. The minimum Gasteiger partial charge on any atom is -0.309 e. The third-order valence-electron chi connectivity index (χ3n) is 2.89. The quantitative estimate of drug-likeness (QED) is 0.652. The van der Waals surface area contributed by atoms with Crippen molar-refractivity contribution in [3.63, 3.8) is 0 Å². The summed E-state index contributed by atoms with van der Waals surface area (Å²) in [5.74, 6) is 0.742. The van der Waals surface area contributed by atoms with Gasteiger partial charge in [0.05, 0.1) is 0 Å². The van der Waals surface area contributed by atoms with E-state index in [4.69, 9.17) is 0 Å². The Kier molecular flexibility index (Phi) is 3.12. The van der Waals surface area contributed by atoms with Gasteiger partial charge in [-0.15, -0.1) is 0 Å². The molecule has 1 saturated carbocycles. The van der Waals surface area contributed by atoms with E-state index >= 15 is 0 Å². The molecule has 0 bridgehead atoms. The lowest BCUT2D eigenvalue weighted by atomic mass is 9.71. The molecule has 2 heteroatoms. The third-order valence-corrected chi connectivity index (χ3v) is 2.89. The van der Waals surface area contributed by atoms with Crippen molar-refractivity contribution >= 4 is 5.78 Å². The molecule has 0 aromatic rings. The lowest BCUT2D eigenvalue weighted by Gasteiger charge is -2.35. The highest BCUT2D eigenvalue weighted by molar-refractivity contribution is 5.82. The number of nitrogens with zero attached hydrogens (tertiary/aromatic N) is 1. The summed E-state index contributed by atoms with van der Waals surface area (Å²) >= 11 is 0. The first-order chi connectivity index (χ1) is 5.91. The van der Waals surface area contributed by atoms with E-state index in [9.17, 15) is 4.79 Å². The van der Waals surface area contributed by atoms with Gasteiger partial charge in [-0.2, -0.15) is 0 Å². The van der Waals surface area contributed by atoms with Gasteiger partial charge < -0.3 is 4.90 Å². The van der Waals surface area contributed by atoms with Gasteiger partial charge in [0.1, 0.15) is 5.78 Å². The van der Waals surface area contributed by atoms with Gasteiger partial charge in [-0.3, -0.25) is 4.79 Å². The predicted octanol–water partition coefficient (Wildman–Crippen LogP) is 1.94. The first-order valence-electron chi connectivity index (χ1n) is 5.08. The summed E-state index contributed by atoms with van der Waals surface area (Å²) in [6.45, 7) is 5.45. The molecule has 0 aromatic carbocycles. The zero-order chi connectivity index (χ0) is 10.1. The third kappa shape index (κ3) is 3.11. The minimum absolute atomic E-state index is 0.277. The number of hydrogen-bond donors (Lipinski definition) is 0. The van der Waals surface area contributed by atoms with Crippen LogP contribution in [0.1, 0.15) is 33.1 Å². The molecule has 0 amide bonds. The second kappa shape index (κ2) is 3.79. The maximum absolute atomic E-state index is 11.6. The maximum Gasteiger partial charge on any atom is 0.137 e. The van der Waals surface area contributed by atoms with Crippen molar-refractivity contribution in [1.29, 1.82) is 0 Å². The summed E-state index contributed by atoms with van der Waals surface area (Å²) in [7, 11) is 4.07. The van der Waals surface area contributed by atoms with Crippen LogP contribution in [0.3, 0.4) is 0 Å². The minimum atomic E-state index is 0.277. The molecule has 13 heavy (non-hydrogen) atoms. The first kappa shape index (κ1) is 10.7. The molecule has 76 valence electrons. The van der Waals surface area contributed by atoms with Gasteiger partial charge in [0, 0.05) is 18.9 Å². The van der Waals surface area contributed by atoms with Crippen LogP contribution >= 0.6 is 0 Å². The van der Waals surface area contributed by atoms with E-state index in [-0.39, 0.29) is 5.92 Å². The highest BCUT2D eigenvalue weighted by Gasteiger charge is 2.33. The van der Waals surface area contributed by atoms with Crippen LogP contribution < -0.4 is 0 Å². The molecular formula is C11H21NO. The number of Topliss-reactive ketones (excluding diaryl/α,β-unsaturated/α-hetero) is 1. The normalized spacial score (nSPS) is 28.1. The Morgan fingerprint density at radius 3 is 2.62 bits per heavy atom. The molecule has 0 N–H and O–H groups in total.